The van der Waals surface area contributed by atoms with E-state index in [1.165, 1.54) is 5.01 Å². The Bertz CT molecular complexity index is 625. The molecule has 26 heavy (non-hydrogen) atoms. The van der Waals surface area contributed by atoms with E-state index in [4.69, 9.17) is 0 Å². The summed E-state index contributed by atoms with van der Waals surface area (Å²) in [5, 5.41) is 3.34. The molecule has 0 spiro atoms. The first-order valence-corrected chi connectivity index (χ1v) is 10.7. The fraction of sp³-hybridized carbons (Fsp3) is 0.737. The molecule has 0 radical (unpaired) electrons. The van der Waals surface area contributed by atoms with Crippen molar-refractivity contribution in [3.8, 4) is 0 Å². The molecule has 0 aromatic carbocycles. The summed E-state index contributed by atoms with van der Waals surface area (Å²) in [5.41, 5.74) is 1.15. The van der Waals surface area contributed by atoms with Gasteiger partial charge in [0.15, 0.2) is 0 Å². The van der Waals surface area contributed by atoms with Crippen LogP contribution in [0.3, 0.4) is 0 Å². The second kappa shape index (κ2) is 8.95. The molecule has 2 amide bonds. The third kappa shape index (κ3) is 4.62. The Kier molecular flexibility index (Phi) is 6.64. The summed E-state index contributed by atoms with van der Waals surface area (Å²) < 4.78 is 0. The minimum atomic E-state index is -0.0172. The number of thiazole rings is 1. The van der Waals surface area contributed by atoms with E-state index >= 15 is 0 Å². The first kappa shape index (κ1) is 19.3. The van der Waals surface area contributed by atoms with E-state index in [9.17, 15) is 9.59 Å². The Labute approximate surface area is 160 Å². The van der Waals surface area contributed by atoms with Gasteiger partial charge in [0.2, 0.25) is 11.8 Å². The summed E-state index contributed by atoms with van der Waals surface area (Å²) in [7, 11) is 0. The summed E-state index contributed by atoms with van der Waals surface area (Å²) in [5.74, 6) is 0.388. The number of hydrogen-bond acceptors (Lipinski definition) is 5. The predicted molar refractivity (Wildman–Crippen MR) is 103 cm³/mol. The number of nitrogens with zero attached hydrogens (tertiary/aromatic N) is 4. The van der Waals surface area contributed by atoms with Crippen molar-refractivity contribution in [2.24, 2.45) is 5.92 Å². The molecule has 3 heterocycles. The van der Waals surface area contributed by atoms with Crippen molar-refractivity contribution in [3.63, 3.8) is 0 Å². The van der Waals surface area contributed by atoms with Gasteiger partial charge in [0.1, 0.15) is 0 Å². The normalized spacial score (nSPS) is 21.8. The van der Waals surface area contributed by atoms with E-state index in [-0.39, 0.29) is 17.7 Å². The zero-order valence-electron chi connectivity index (χ0n) is 15.9. The Morgan fingerprint density at radius 2 is 1.92 bits per heavy atom. The lowest BCUT2D eigenvalue weighted by Gasteiger charge is -2.38. The highest BCUT2D eigenvalue weighted by Gasteiger charge is 2.32. The Hall–Kier alpha value is -1.47. The highest BCUT2D eigenvalue weighted by molar-refractivity contribution is 7.09. The van der Waals surface area contributed by atoms with Gasteiger partial charge < -0.3 is 9.80 Å². The number of likely N-dealkylation sites (tertiary alicyclic amines) is 1. The van der Waals surface area contributed by atoms with Gasteiger partial charge in [0.25, 0.3) is 0 Å². The maximum atomic E-state index is 12.9. The summed E-state index contributed by atoms with van der Waals surface area (Å²) in [6.07, 6.45) is 3.36. The van der Waals surface area contributed by atoms with Crippen molar-refractivity contribution < 1.29 is 9.59 Å². The molecular formula is C19H30N4O2S. The van der Waals surface area contributed by atoms with Crippen molar-refractivity contribution in [2.45, 2.75) is 46.1 Å². The van der Waals surface area contributed by atoms with Crippen LogP contribution in [0, 0.1) is 5.92 Å². The van der Waals surface area contributed by atoms with Gasteiger partial charge in [-0.2, -0.15) is 0 Å². The molecule has 1 aromatic heterocycles. The van der Waals surface area contributed by atoms with E-state index in [0.29, 0.717) is 13.0 Å². The first-order valence-electron chi connectivity index (χ1n) is 9.82. The standard InChI is InChI=1S/C19H30N4O2S/c1-3-17-20-16(14-26-17)13-21-8-10-22(11-9-21)19(25)15-6-5-7-23(12-15)18(24)4-2/h14-15H,3-13H2,1-2H3. The summed E-state index contributed by atoms with van der Waals surface area (Å²) in [6, 6.07) is 0. The number of piperazine rings is 1. The number of hydrogen-bond donors (Lipinski definition) is 0. The fourth-order valence-electron chi connectivity index (χ4n) is 3.83. The van der Waals surface area contributed by atoms with E-state index in [1.807, 2.05) is 16.7 Å². The third-order valence-electron chi connectivity index (χ3n) is 5.40. The average molecular weight is 379 g/mol. The van der Waals surface area contributed by atoms with Crippen molar-refractivity contribution in [1.29, 1.82) is 0 Å². The van der Waals surface area contributed by atoms with Crippen molar-refractivity contribution >= 4 is 23.2 Å². The summed E-state index contributed by atoms with van der Waals surface area (Å²) >= 11 is 1.73. The Morgan fingerprint density at radius 1 is 1.15 bits per heavy atom. The minimum absolute atomic E-state index is 0.0172. The topological polar surface area (TPSA) is 56.8 Å². The fourth-order valence-corrected chi connectivity index (χ4v) is 4.56. The third-order valence-corrected chi connectivity index (χ3v) is 6.44. The van der Waals surface area contributed by atoms with Crippen molar-refractivity contribution in [2.75, 3.05) is 39.3 Å². The van der Waals surface area contributed by atoms with Crippen LogP contribution in [0.4, 0.5) is 0 Å². The van der Waals surface area contributed by atoms with Gasteiger partial charge >= 0.3 is 0 Å². The van der Waals surface area contributed by atoms with Crippen molar-refractivity contribution in [1.82, 2.24) is 19.7 Å². The van der Waals surface area contributed by atoms with E-state index in [1.54, 1.807) is 11.3 Å². The molecule has 7 heteroatoms. The molecule has 0 bridgehead atoms. The number of aromatic nitrogens is 1. The lowest BCUT2D eigenvalue weighted by atomic mass is 9.96. The highest BCUT2D eigenvalue weighted by atomic mass is 32.1. The van der Waals surface area contributed by atoms with E-state index < -0.39 is 0 Å². The van der Waals surface area contributed by atoms with Crippen LogP contribution in [-0.2, 0) is 22.6 Å². The number of piperidine rings is 1. The molecular weight excluding hydrogens is 348 g/mol. The number of rotatable bonds is 5. The lowest BCUT2D eigenvalue weighted by molar-refractivity contribution is -0.142. The molecule has 2 saturated heterocycles. The molecule has 1 aromatic rings. The smallest absolute Gasteiger partial charge is 0.227 e. The summed E-state index contributed by atoms with van der Waals surface area (Å²) in [6.45, 7) is 9.66. The number of carbonyl (C=O) groups excluding carboxylic acids is 2. The lowest BCUT2D eigenvalue weighted by Crippen LogP contribution is -2.52. The molecule has 0 saturated carbocycles. The summed E-state index contributed by atoms with van der Waals surface area (Å²) in [4.78, 5) is 35.7. The highest BCUT2D eigenvalue weighted by Crippen LogP contribution is 2.21. The van der Waals surface area contributed by atoms with E-state index in [0.717, 1.165) is 64.2 Å². The van der Waals surface area contributed by atoms with Crippen LogP contribution in [0.15, 0.2) is 5.38 Å². The molecule has 6 nitrogen and oxygen atoms in total. The molecule has 0 aliphatic carbocycles. The molecule has 3 rings (SSSR count). The van der Waals surface area contributed by atoms with Gasteiger partial charge in [0.05, 0.1) is 16.6 Å². The molecule has 2 fully saturated rings. The molecule has 1 unspecified atom stereocenters. The van der Waals surface area contributed by atoms with Gasteiger partial charge in [-0.05, 0) is 19.3 Å². The number of carbonyl (C=O) groups is 2. The largest absolute Gasteiger partial charge is 0.342 e. The maximum absolute atomic E-state index is 12.9. The molecule has 2 aliphatic heterocycles. The average Bonchev–Trinajstić information content (AvgIpc) is 3.15. The van der Waals surface area contributed by atoms with Crippen LogP contribution in [-0.4, -0.2) is 70.8 Å². The monoisotopic (exact) mass is 378 g/mol. The van der Waals surface area contributed by atoms with Crippen LogP contribution in [0.2, 0.25) is 0 Å². The van der Waals surface area contributed by atoms with Crippen LogP contribution >= 0.6 is 11.3 Å². The Morgan fingerprint density at radius 3 is 2.58 bits per heavy atom. The van der Waals surface area contributed by atoms with Crippen LogP contribution < -0.4 is 0 Å². The second-order valence-electron chi connectivity index (χ2n) is 7.22. The zero-order chi connectivity index (χ0) is 18.5. The second-order valence-corrected chi connectivity index (χ2v) is 8.16. The number of amides is 2. The van der Waals surface area contributed by atoms with Crippen molar-refractivity contribution in [3.05, 3.63) is 16.1 Å². The molecule has 2 aliphatic rings. The number of aryl methyl sites for hydroxylation is 1. The van der Waals surface area contributed by atoms with Crippen LogP contribution in [0.5, 0.6) is 0 Å². The van der Waals surface area contributed by atoms with Gasteiger partial charge in [-0.1, -0.05) is 13.8 Å². The predicted octanol–water partition coefficient (Wildman–Crippen LogP) is 2.00. The SMILES string of the molecule is CCC(=O)N1CCCC(C(=O)N2CCN(Cc3csc(CC)n3)CC2)C1. The first-order chi connectivity index (χ1) is 12.6. The zero-order valence-corrected chi connectivity index (χ0v) is 16.8. The van der Waals surface area contributed by atoms with Gasteiger partial charge in [-0.25, -0.2) is 4.98 Å². The van der Waals surface area contributed by atoms with Crippen LogP contribution in [0.25, 0.3) is 0 Å². The van der Waals surface area contributed by atoms with Crippen LogP contribution in [0.1, 0.15) is 43.8 Å². The molecule has 0 N–H and O–H groups in total. The van der Waals surface area contributed by atoms with Gasteiger partial charge in [0, 0.05) is 57.6 Å². The molecule has 1 atom stereocenters. The quantitative estimate of drug-likeness (QED) is 0.786. The van der Waals surface area contributed by atoms with Gasteiger partial charge in [-0.15, -0.1) is 11.3 Å². The van der Waals surface area contributed by atoms with E-state index in [2.05, 4.69) is 22.2 Å². The maximum Gasteiger partial charge on any atom is 0.227 e. The Balaban J connectivity index is 1.48. The minimum Gasteiger partial charge on any atom is -0.342 e. The molecule has 144 valence electrons. The van der Waals surface area contributed by atoms with Gasteiger partial charge in [-0.3, -0.25) is 14.5 Å².